The summed E-state index contributed by atoms with van der Waals surface area (Å²) in [7, 11) is -8.47. The Labute approximate surface area is 341 Å². The number of anilines is 2. The van der Waals surface area contributed by atoms with E-state index in [0.29, 0.717) is 37.8 Å². The number of sulfonamides is 2. The van der Waals surface area contributed by atoms with Crippen LogP contribution in [0.2, 0.25) is 20.1 Å². The van der Waals surface area contributed by atoms with Gasteiger partial charge in [0.15, 0.2) is 17.9 Å². The zero-order valence-corrected chi connectivity index (χ0v) is 33.8. The first-order valence-electron chi connectivity index (χ1n) is 16.2. The van der Waals surface area contributed by atoms with Crippen molar-refractivity contribution >= 4 is 83.8 Å². The van der Waals surface area contributed by atoms with E-state index < -0.39 is 44.5 Å². The summed E-state index contributed by atoms with van der Waals surface area (Å²) in [5, 5.41) is 9.93. The molecule has 0 aliphatic carbocycles. The molecule has 300 valence electrons. The number of rotatable bonds is 14. The molecule has 1 aromatic heterocycles. The monoisotopic (exact) mass is 894 g/mol. The van der Waals surface area contributed by atoms with Crippen molar-refractivity contribution in [2.45, 2.75) is 32.6 Å². The summed E-state index contributed by atoms with van der Waals surface area (Å²) in [6, 6.07) is 20.0. The molecule has 5 aromatic rings. The van der Waals surface area contributed by atoms with Crippen molar-refractivity contribution in [3.8, 4) is 11.3 Å². The Kier molecular flexibility index (Phi) is 15.1. The highest BCUT2D eigenvalue weighted by Crippen LogP contribution is 2.33. The summed E-state index contributed by atoms with van der Waals surface area (Å²) in [5.41, 5.74) is 7.59. The van der Waals surface area contributed by atoms with Crippen LogP contribution in [0.3, 0.4) is 0 Å². The number of benzene rings is 4. The number of nitrogens with zero attached hydrogens (tertiary/aromatic N) is 3. The molecule has 3 N–H and O–H groups in total. The van der Waals surface area contributed by atoms with Crippen LogP contribution in [-0.4, -0.2) is 57.1 Å². The van der Waals surface area contributed by atoms with E-state index in [2.05, 4.69) is 4.98 Å². The number of aromatic nitrogens is 1. The van der Waals surface area contributed by atoms with Crippen molar-refractivity contribution in [1.82, 2.24) is 4.98 Å². The second kappa shape index (κ2) is 18.9. The predicted octanol–water partition coefficient (Wildman–Crippen LogP) is 9.23. The average molecular weight is 897 g/mol. The molecule has 0 atom stereocenters. The lowest BCUT2D eigenvalue weighted by Gasteiger charge is -2.26. The Hall–Kier alpha value is -4.03. The maximum atomic E-state index is 13.0. The van der Waals surface area contributed by atoms with E-state index >= 15 is 0 Å². The van der Waals surface area contributed by atoms with E-state index in [-0.39, 0.29) is 51.3 Å². The number of oxazole rings is 1. The number of carboxylic acids is 1. The quantitative estimate of drug-likeness (QED) is 0.111. The van der Waals surface area contributed by atoms with Gasteiger partial charge in [0.25, 0.3) is 0 Å². The minimum Gasteiger partial charge on any atom is -0.478 e. The van der Waals surface area contributed by atoms with Gasteiger partial charge < -0.3 is 15.3 Å². The second-order valence-electron chi connectivity index (χ2n) is 12.0. The molecule has 20 heteroatoms. The third-order valence-corrected chi connectivity index (χ3v) is 13.2. The average Bonchev–Trinajstić information content (AvgIpc) is 3.66. The van der Waals surface area contributed by atoms with E-state index in [1.807, 2.05) is 0 Å². The van der Waals surface area contributed by atoms with Crippen LogP contribution in [0, 0.1) is 6.92 Å². The lowest BCUT2D eigenvalue weighted by molar-refractivity contribution is -0.106. The molecule has 0 spiro atoms. The molecule has 0 fully saturated rings. The summed E-state index contributed by atoms with van der Waals surface area (Å²) >= 11 is 24.3. The van der Waals surface area contributed by atoms with Crippen LogP contribution in [-0.2, 0) is 33.1 Å². The molecule has 0 radical (unpaired) electrons. The zero-order valence-electron chi connectivity index (χ0n) is 29.2. The molecule has 0 aliphatic heterocycles. The number of hydrogen-bond donors (Lipinski definition) is 2. The standard InChI is InChI=1S/C19H19Cl2N3O3S.C17H14Cl2F3NO4S/c20-17-4-1-3-15(19(17)21)12-24(28(25,26)10-2-9-22)16-7-5-14(6-8-16)18-11-23-13-27-18;1-10-7-12(5-6-13(10)16(24)25)23(28(26,27)9-17(20,21)22)8-11-3-2-4-14(18)15(11)19/h1,3-8,11,13H,2,9-10,12,22H2;2-7H,8-9H2,1H3,(H,24,25). The van der Waals surface area contributed by atoms with E-state index in [9.17, 15) is 34.8 Å². The highest BCUT2D eigenvalue weighted by Gasteiger charge is 2.39. The summed E-state index contributed by atoms with van der Waals surface area (Å²) in [4.78, 5) is 15.0. The van der Waals surface area contributed by atoms with Gasteiger partial charge in [0, 0.05) is 5.56 Å². The number of alkyl halides is 3. The van der Waals surface area contributed by atoms with E-state index in [1.165, 1.54) is 41.9 Å². The third kappa shape index (κ3) is 11.8. The van der Waals surface area contributed by atoms with Gasteiger partial charge in [-0.2, -0.15) is 13.2 Å². The molecular weight excluding hydrogens is 863 g/mol. The van der Waals surface area contributed by atoms with Crippen LogP contribution in [0.25, 0.3) is 11.3 Å². The Morgan fingerprint density at radius 2 is 1.36 bits per heavy atom. The van der Waals surface area contributed by atoms with Gasteiger partial charge in [-0.1, -0.05) is 70.7 Å². The first-order chi connectivity index (χ1) is 26.2. The topological polar surface area (TPSA) is 164 Å². The van der Waals surface area contributed by atoms with Crippen molar-refractivity contribution in [2.75, 3.05) is 26.7 Å². The maximum Gasteiger partial charge on any atom is 0.404 e. The minimum absolute atomic E-state index is 0.00949. The van der Waals surface area contributed by atoms with Crippen LogP contribution < -0.4 is 14.3 Å². The van der Waals surface area contributed by atoms with Crippen LogP contribution in [0.1, 0.15) is 33.5 Å². The van der Waals surface area contributed by atoms with Crippen LogP contribution in [0.15, 0.2) is 95.9 Å². The van der Waals surface area contributed by atoms with Gasteiger partial charge >= 0.3 is 12.1 Å². The van der Waals surface area contributed by atoms with Gasteiger partial charge in [0.2, 0.25) is 20.0 Å². The third-order valence-electron chi connectivity index (χ3n) is 7.92. The predicted molar refractivity (Wildman–Crippen MR) is 213 cm³/mol. The molecule has 56 heavy (non-hydrogen) atoms. The molecule has 0 saturated carbocycles. The summed E-state index contributed by atoms with van der Waals surface area (Å²) in [6.45, 7) is 1.25. The zero-order chi connectivity index (χ0) is 41.4. The Bertz CT molecular complexity index is 2370. The van der Waals surface area contributed by atoms with Crippen LogP contribution in [0.5, 0.6) is 0 Å². The molecule has 0 bridgehead atoms. The van der Waals surface area contributed by atoms with E-state index in [4.69, 9.17) is 61.7 Å². The first kappa shape index (κ1) is 44.7. The number of halogens is 7. The van der Waals surface area contributed by atoms with Crippen LogP contribution >= 0.6 is 46.4 Å². The molecule has 5 rings (SSSR count). The number of carbonyl (C=O) groups is 1. The minimum atomic E-state index is -4.97. The summed E-state index contributed by atoms with van der Waals surface area (Å²) in [5.74, 6) is -2.79. The number of hydrogen-bond acceptors (Lipinski definition) is 8. The fourth-order valence-electron chi connectivity index (χ4n) is 5.20. The molecule has 11 nitrogen and oxygen atoms in total. The van der Waals surface area contributed by atoms with Crippen molar-refractivity contribution in [3.63, 3.8) is 0 Å². The van der Waals surface area contributed by atoms with Crippen LogP contribution in [0.4, 0.5) is 24.5 Å². The van der Waals surface area contributed by atoms with Gasteiger partial charge in [0.05, 0.1) is 62.1 Å². The van der Waals surface area contributed by atoms with E-state index in [0.717, 1.165) is 17.7 Å². The molecule has 0 saturated heterocycles. The molecule has 0 unspecified atom stereocenters. The lowest BCUT2D eigenvalue weighted by Crippen LogP contribution is -2.37. The lowest BCUT2D eigenvalue weighted by atomic mass is 10.1. The Balaban J connectivity index is 0.000000249. The Morgan fingerprint density at radius 1 is 0.821 bits per heavy atom. The fourth-order valence-corrected chi connectivity index (χ4v) is 8.84. The van der Waals surface area contributed by atoms with Crippen molar-refractivity contribution in [3.05, 3.63) is 134 Å². The fraction of sp³-hybridized carbons (Fsp3) is 0.222. The van der Waals surface area contributed by atoms with Gasteiger partial charge in [-0.05, 0) is 91.2 Å². The number of carboxylic acid groups (broad SMARTS) is 1. The highest BCUT2D eigenvalue weighted by molar-refractivity contribution is 7.93. The molecule has 1 heterocycles. The SMILES string of the molecule is Cc1cc(N(Cc2cccc(Cl)c2Cl)S(=O)(=O)CC(F)(F)F)ccc1C(=O)O.NCCCS(=O)(=O)N(Cc1cccc(Cl)c1Cl)c1ccc(-c2cnco2)cc1. The molecule has 0 amide bonds. The largest absolute Gasteiger partial charge is 0.478 e. The van der Waals surface area contributed by atoms with Crippen molar-refractivity contribution in [1.29, 1.82) is 0 Å². The van der Waals surface area contributed by atoms with Gasteiger partial charge in [-0.25, -0.2) is 26.6 Å². The number of aryl methyl sites for hydroxylation is 1. The van der Waals surface area contributed by atoms with E-state index in [1.54, 1.807) is 48.7 Å². The maximum absolute atomic E-state index is 13.0. The summed E-state index contributed by atoms with van der Waals surface area (Å²) in [6.07, 6.45) is -1.67. The summed E-state index contributed by atoms with van der Waals surface area (Å²) < 4.78 is 96.5. The molecule has 4 aromatic carbocycles. The molecule has 0 aliphatic rings. The Morgan fingerprint density at radius 3 is 1.82 bits per heavy atom. The number of nitrogens with two attached hydrogens (primary N) is 1. The first-order valence-corrected chi connectivity index (χ1v) is 20.9. The van der Waals surface area contributed by atoms with Gasteiger partial charge in [-0.15, -0.1) is 0 Å². The van der Waals surface area contributed by atoms with Gasteiger partial charge in [0.1, 0.15) is 0 Å². The second-order valence-corrected chi connectivity index (χ2v) is 17.5. The van der Waals surface area contributed by atoms with Crippen molar-refractivity contribution in [2.24, 2.45) is 5.73 Å². The normalized spacial score (nSPS) is 11.8. The van der Waals surface area contributed by atoms with Crippen molar-refractivity contribution < 1.29 is 44.3 Å². The van der Waals surface area contributed by atoms with Gasteiger partial charge in [-0.3, -0.25) is 8.61 Å². The number of aromatic carboxylic acids is 1. The highest BCUT2D eigenvalue weighted by atomic mass is 35.5. The smallest absolute Gasteiger partial charge is 0.404 e. The molecular formula is C36H33Cl4F3N4O7S2.